The van der Waals surface area contributed by atoms with Crippen LogP contribution in [0.2, 0.25) is 0 Å². The van der Waals surface area contributed by atoms with E-state index in [2.05, 4.69) is 10.1 Å². The molecule has 0 radical (unpaired) electrons. The van der Waals surface area contributed by atoms with Crippen molar-refractivity contribution >= 4 is 11.9 Å². The normalized spacial score (nSPS) is 18.7. The van der Waals surface area contributed by atoms with Crippen molar-refractivity contribution in [2.75, 3.05) is 13.1 Å². The number of carbonyl (C=O) groups excluding carboxylic acids is 1. The maximum absolute atomic E-state index is 12.1. The lowest BCUT2D eigenvalue weighted by Crippen LogP contribution is -2.42. The first kappa shape index (κ1) is 15.5. The first-order valence-electron chi connectivity index (χ1n) is 7.42. The third kappa shape index (κ3) is 4.27. The maximum atomic E-state index is 12.1. The zero-order valence-corrected chi connectivity index (χ0v) is 12.2. The van der Waals surface area contributed by atoms with E-state index >= 15 is 0 Å². The van der Waals surface area contributed by atoms with Crippen LogP contribution in [0.3, 0.4) is 0 Å². The van der Waals surface area contributed by atoms with E-state index in [4.69, 9.17) is 9.63 Å². The Morgan fingerprint density at radius 3 is 2.95 bits per heavy atom. The van der Waals surface area contributed by atoms with Gasteiger partial charge in [-0.3, -0.25) is 9.59 Å². The van der Waals surface area contributed by atoms with Gasteiger partial charge in [-0.2, -0.15) is 4.98 Å². The van der Waals surface area contributed by atoms with Gasteiger partial charge in [0.1, 0.15) is 0 Å². The highest BCUT2D eigenvalue weighted by atomic mass is 16.5. The summed E-state index contributed by atoms with van der Waals surface area (Å²) in [7, 11) is 0. The van der Waals surface area contributed by atoms with Crippen molar-refractivity contribution in [3.63, 3.8) is 0 Å². The van der Waals surface area contributed by atoms with Crippen LogP contribution in [0.15, 0.2) is 4.52 Å². The van der Waals surface area contributed by atoms with Crippen LogP contribution in [-0.2, 0) is 22.4 Å². The molecule has 1 aromatic heterocycles. The average molecular weight is 295 g/mol. The second-order valence-electron chi connectivity index (χ2n) is 5.37. The maximum Gasteiger partial charge on any atom is 0.308 e. The van der Waals surface area contributed by atoms with Gasteiger partial charge in [0.25, 0.3) is 0 Å². The van der Waals surface area contributed by atoms with E-state index in [0.29, 0.717) is 37.6 Å². The molecule has 2 rings (SSSR count). The van der Waals surface area contributed by atoms with E-state index in [0.717, 1.165) is 19.3 Å². The summed E-state index contributed by atoms with van der Waals surface area (Å²) in [5.74, 6) is -0.172. The van der Waals surface area contributed by atoms with Gasteiger partial charge < -0.3 is 14.5 Å². The van der Waals surface area contributed by atoms with Crippen LogP contribution < -0.4 is 0 Å². The zero-order valence-electron chi connectivity index (χ0n) is 12.2. The first-order valence-corrected chi connectivity index (χ1v) is 7.42. The zero-order chi connectivity index (χ0) is 15.2. The summed E-state index contributed by atoms with van der Waals surface area (Å²) in [4.78, 5) is 29.0. The second-order valence-corrected chi connectivity index (χ2v) is 5.37. The molecule has 0 spiro atoms. The Kier molecular flexibility index (Phi) is 5.30. The molecule has 0 aromatic carbocycles. The number of aliphatic carboxylic acids is 1. The van der Waals surface area contributed by atoms with Crippen molar-refractivity contribution in [3.8, 4) is 0 Å². The number of rotatable bonds is 6. The molecule has 1 saturated heterocycles. The second kappa shape index (κ2) is 7.19. The summed E-state index contributed by atoms with van der Waals surface area (Å²) >= 11 is 0. The fourth-order valence-electron chi connectivity index (χ4n) is 2.49. The molecule has 1 atom stereocenters. The van der Waals surface area contributed by atoms with Crippen LogP contribution in [0.1, 0.15) is 44.3 Å². The molecule has 1 N–H and O–H groups in total. The highest BCUT2D eigenvalue weighted by Crippen LogP contribution is 2.17. The molecular formula is C14H21N3O4. The lowest BCUT2D eigenvalue weighted by atomic mass is 9.98. The smallest absolute Gasteiger partial charge is 0.308 e. The van der Waals surface area contributed by atoms with Crippen molar-refractivity contribution in [3.05, 3.63) is 11.7 Å². The van der Waals surface area contributed by atoms with Gasteiger partial charge in [-0.05, 0) is 19.3 Å². The van der Waals surface area contributed by atoms with Crippen molar-refractivity contribution in [1.29, 1.82) is 0 Å². The highest BCUT2D eigenvalue weighted by molar-refractivity contribution is 5.78. The van der Waals surface area contributed by atoms with E-state index in [9.17, 15) is 9.59 Å². The van der Waals surface area contributed by atoms with E-state index in [1.165, 1.54) is 0 Å². The van der Waals surface area contributed by atoms with Gasteiger partial charge in [0.05, 0.1) is 5.92 Å². The number of carboxylic acid groups (broad SMARTS) is 1. The minimum atomic E-state index is -0.825. The first-order chi connectivity index (χ1) is 10.1. The van der Waals surface area contributed by atoms with Crippen LogP contribution in [0.25, 0.3) is 0 Å². The van der Waals surface area contributed by atoms with Crippen LogP contribution in [0.5, 0.6) is 0 Å². The molecule has 1 aliphatic rings. The topological polar surface area (TPSA) is 96.5 Å². The van der Waals surface area contributed by atoms with Gasteiger partial charge in [0.15, 0.2) is 5.82 Å². The fraction of sp³-hybridized carbons (Fsp3) is 0.714. The molecular weight excluding hydrogens is 274 g/mol. The monoisotopic (exact) mass is 295 g/mol. The highest BCUT2D eigenvalue weighted by Gasteiger charge is 2.28. The van der Waals surface area contributed by atoms with E-state index < -0.39 is 11.9 Å². The van der Waals surface area contributed by atoms with Gasteiger partial charge in [0.2, 0.25) is 11.8 Å². The molecule has 1 amide bonds. The Morgan fingerprint density at radius 2 is 2.24 bits per heavy atom. The summed E-state index contributed by atoms with van der Waals surface area (Å²) < 4.78 is 5.09. The third-order valence-corrected chi connectivity index (χ3v) is 3.66. The molecule has 1 aliphatic heterocycles. The molecule has 21 heavy (non-hydrogen) atoms. The molecule has 0 bridgehead atoms. The quantitative estimate of drug-likeness (QED) is 0.849. The summed E-state index contributed by atoms with van der Waals surface area (Å²) in [5.41, 5.74) is 0. The minimum Gasteiger partial charge on any atom is -0.481 e. The average Bonchev–Trinajstić information content (AvgIpc) is 2.93. The van der Waals surface area contributed by atoms with Crippen molar-refractivity contribution in [2.24, 2.45) is 5.92 Å². The van der Waals surface area contributed by atoms with Crippen molar-refractivity contribution < 1.29 is 19.2 Å². The van der Waals surface area contributed by atoms with Crippen LogP contribution in [0, 0.1) is 5.92 Å². The van der Waals surface area contributed by atoms with Crippen LogP contribution in [-0.4, -0.2) is 45.1 Å². The van der Waals surface area contributed by atoms with Crippen molar-refractivity contribution in [2.45, 2.75) is 45.4 Å². The lowest BCUT2D eigenvalue weighted by molar-refractivity contribution is -0.145. The predicted molar refractivity (Wildman–Crippen MR) is 73.6 cm³/mol. The number of aromatic nitrogens is 2. The number of aryl methyl sites for hydroxylation is 2. The van der Waals surface area contributed by atoms with Gasteiger partial charge >= 0.3 is 5.97 Å². The Labute approximate surface area is 123 Å². The summed E-state index contributed by atoms with van der Waals surface area (Å²) in [6.07, 6.45) is 3.78. The number of hydrogen-bond acceptors (Lipinski definition) is 5. The van der Waals surface area contributed by atoms with E-state index in [1.807, 2.05) is 6.92 Å². The number of likely N-dealkylation sites (tertiary alicyclic amines) is 1. The standard InChI is InChI=1S/C14H21N3O4/c1-2-4-11-15-12(21-16-11)6-7-13(18)17-8-3-5-10(9-17)14(19)20/h10H,2-9H2,1H3,(H,19,20)/t10-/m0/s1. The molecule has 116 valence electrons. The van der Waals surface area contributed by atoms with E-state index in [1.54, 1.807) is 4.90 Å². The minimum absolute atomic E-state index is 0.0452. The fourth-order valence-corrected chi connectivity index (χ4v) is 2.49. The number of amides is 1. The summed E-state index contributed by atoms with van der Waals surface area (Å²) in [5, 5.41) is 12.9. The molecule has 7 heteroatoms. The number of nitrogens with zero attached hydrogens (tertiary/aromatic N) is 3. The van der Waals surface area contributed by atoms with Gasteiger partial charge in [-0.15, -0.1) is 0 Å². The number of hydrogen-bond donors (Lipinski definition) is 1. The Balaban J connectivity index is 1.82. The van der Waals surface area contributed by atoms with Gasteiger partial charge in [-0.25, -0.2) is 0 Å². The molecule has 0 aliphatic carbocycles. The van der Waals surface area contributed by atoms with Gasteiger partial charge in [-0.1, -0.05) is 12.1 Å². The lowest BCUT2D eigenvalue weighted by Gasteiger charge is -2.30. The molecule has 0 saturated carbocycles. The largest absolute Gasteiger partial charge is 0.481 e. The number of carboxylic acids is 1. The SMILES string of the molecule is CCCc1noc(CCC(=O)N2CCC[C@H](C(=O)O)C2)n1. The summed E-state index contributed by atoms with van der Waals surface area (Å²) in [6.45, 7) is 2.97. The third-order valence-electron chi connectivity index (χ3n) is 3.66. The molecule has 7 nitrogen and oxygen atoms in total. The van der Waals surface area contributed by atoms with Crippen LogP contribution >= 0.6 is 0 Å². The van der Waals surface area contributed by atoms with E-state index in [-0.39, 0.29) is 12.3 Å². The Morgan fingerprint density at radius 1 is 1.43 bits per heavy atom. The Hall–Kier alpha value is -1.92. The Bertz CT molecular complexity index is 500. The molecule has 1 fully saturated rings. The molecule has 2 heterocycles. The molecule has 1 aromatic rings. The van der Waals surface area contributed by atoms with Crippen molar-refractivity contribution in [1.82, 2.24) is 15.0 Å². The predicted octanol–water partition coefficient (Wildman–Crippen LogP) is 1.28. The molecule has 0 unspecified atom stereocenters. The summed E-state index contributed by atoms with van der Waals surface area (Å²) in [6, 6.07) is 0. The van der Waals surface area contributed by atoms with Gasteiger partial charge in [0, 0.05) is 32.4 Å². The number of carbonyl (C=O) groups is 2. The van der Waals surface area contributed by atoms with Crippen LogP contribution in [0.4, 0.5) is 0 Å². The number of piperidine rings is 1.